The van der Waals surface area contributed by atoms with Crippen molar-refractivity contribution in [2.45, 2.75) is 5.92 Å². The molecule has 0 saturated heterocycles. The van der Waals surface area contributed by atoms with Crippen LogP contribution >= 0.6 is 0 Å². The Morgan fingerprint density at radius 3 is 1.00 bits per heavy atom. The molecule has 4 nitrogen and oxygen atoms in total. The number of para-hydroxylation sites is 2. The number of nitrogens with two attached hydrogens (primary N) is 2. The normalized spacial score (nSPS) is 10.8. The molecule has 0 bridgehead atoms. The average molecular weight is 457 g/mol. The summed E-state index contributed by atoms with van der Waals surface area (Å²) in [6, 6.07) is 47.4. The fraction of sp³-hybridized carbons (Fsp3) is 0.0323. The lowest BCUT2D eigenvalue weighted by atomic mass is 9.85. The zero-order valence-corrected chi connectivity index (χ0v) is 19.4. The fourth-order valence-corrected chi connectivity index (χ4v) is 4.35. The van der Waals surface area contributed by atoms with Gasteiger partial charge >= 0.3 is 0 Å². The zero-order valence-electron chi connectivity index (χ0n) is 19.4. The van der Waals surface area contributed by atoms with E-state index in [1.807, 2.05) is 66.7 Å². The van der Waals surface area contributed by atoms with Gasteiger partial charge in [0.15, 0.2) is 0 Å². The summed E-state index contributed by atoms with van der Waals surface area (Å²) in [5.74, 6) is 12.8. The highest BCUT2D eigenvalue weighted by Gasteiger charge is 2.18. The van der Waals surface area contributed by atoms with Crippen LogP contribution in [0.5, 0.6) is 0 Å². The van der Waals surface area contributed by atoms with Crippen molar-refractivity contribution in [2.75, 3.05) is 10.0 Å². The van der Waals surface area contributed by atoms with Crippen LogP contribution in [0.4, 0.5) is 22.7 Å². The minimum absolute atomic E-state index is 0.0881. The van der Waals surface area contributed by atoms with Crippen molar-refractivity contribution in [2.24, 2.45) is 11.7 Å². The van der Waals surface area contributed by atoms with Gasteiger partial charge in [-0.15, -0.1) is 0 Å². The second-order valence-corrected chi connectivity index (χ2v) is 8.44. The molecular formula is C31H28N4. The molecule has 4 heteroatoms. The molecule has 0 aliphatic rings. The highest BCUT2D eigenvalue weighted by atomic mass is 15.4. The predicted octanol–water partition coefficient (Wildman–Crippen LogP) is 6.89. The maximum Gasteiger partial charge on any atom is 0.0575 e. The maximum atomic E-state index is 6.37. The molecule has 5 rings (SSSR count). The van der Waals surface area contributed by atoms with E-state index in [0.717, 1.165) is 22.7 Å². The van der Waals surface area contributed by atoms with Gasteiger partial charge in [-0.1, -0.05) is 91.0 Å². The van der Waals surface area contributed by atoms with Crippen LogP contribution in [0.3, 0.4) is 0 Å². The van der Waals surface area contributed by atoms with E-state index in [4.69, 9.17) is 11.7 Å². The molecule has 0 aliphatic carbocycles. The predicted molar refractivity (Wildman–Crippen MR) is 146 cm³/mol. The van der Waals surface area contributed by atoms with Gasteiger partial charge in [0.1, 0.15) is 0 Å². The third-order valence-electron chi connectivity index (χ3n) is 6.21. The number of hydrogen-bond donors (Lipinski definition) is 2. The smallest absolute Gasteiger partial charge is 0.0575 e. The molecule has 5 aromatic rings. The quantitative estimate of drug-likeness (QED) is 0.159. The Morgan fingerprint density at radius 1 is 0.343 bits per heavy atom. The Balaban J connectivity index is 1.46. The van der Waals surface area contributed by atoms with E-state index in [1.54, 1.807) is 10.0 Å². The van der Waals surface area contributed by atoms with Crippen LogP contribution in [0, 0.1) is 0 Å². The molecule has 0 radical (unpaired) electrons. The minimum atomic E-state index is 0.0881. The van der Waals surface area contributed by atoms with E-state index in [1.165, 1.54) is 16.7 Å². The molecule has 35 heavy (non-hydrogen) atoms. The Morgan fingerprint density at radius 2 is 0.629 bits per heavy atom. The van der Waals surface area contributed by atoms with E-state index < -0.39 is 0 Å². The summed E-state index contributed by atoms with van der Waals surface area (Å²) in [4.78, 5) is 0. The summed E-state index contributed by atoms with van der Waals surface area (Å²) >= 11 is 0. The van der Waals surface area contributed by atoms with E-state index in [0.29, 0.717) is 0 Å². The van der Waals surface area contributed by atoms with Crippen molar-refractivity contribution in [3.8, 4) is 0 Å². The van der Waals surface area contributed by atoms with Crippen molar-refractivity contribution >= 4 is 22.7 Å². The Bertz CT molecular complexity index is 1250. The lowest BCUT2D eigenvalue weighted by molar-refractivity contribution is 0.972. The lowest BCUT2D eigenvalue weighted by Crippen LogP contribution is -2.24. The average Bonchev–Trinajstić information content (AvgIpc) is 2.95. The van der Waals surface area contributed by atoms with Crippen LogP contribution in [0.2, 0.25) is 0 Å². The molecule has 172 valence electrons. The number of hydrogen-bond acceptors (Lipinski definition) is 4. The Labute approximate surface area is 206 Å². The summed E-state index contributed by atoms with van der Waals surface area (Å²) in [6.07, 6.45) is 0. The molecule has 0 atom stereocenters. The standard InChI is InChI=1S/C31H28N4/c32-34(27-12-6-2-7-13-27)29-20-16-25(17-21-29)31(24-10-4-1-5-11-24)26-18-22-30(23-19-26)35(33)28-14-8-3-9-15-28/h1-23,31H,32-33H2. The Kier molecular flexibility index (Phi) is 6.57. The van der Waals surface area contributed by atoms with E-state index in [-0.39, 0.29) is 5.92 Å². The van der Waals surface area contributed by atoms with Crippen molar-refractivity contribution in [1.82, 2.24) is 0 Å². The Hall–Kier alpha value is -4.38. The van der Waals surface area contributed by atoms with Gasteiger partial charge in [0.2, 0.25) is 0 Å². The van der Waals surface area contributed by atoms with Crippen LogP contribution in [0.25, 0.3) is 0 Å². The number of rotatable bonds is 7. The molecule has 0 fully saturated rings. The van der Waals surface area contributed by atoms with Crippen molar-refractivity contribution in [1.29, 1.82) is 0 Å². The van der Waals surface area contributed by atoms with Gasteiger partial charge in [0.05, 0.1) is 22.7 Å². The van der Waals surface area contributed by atoms with Crippen molar-refractivity contribution < 1.29 is 0 Å². The lowest BCUT2D eigenvalue weighted by Gasteiger charge is -2.23. The zero-order chi connectivity index (χ0) is 24.0. The fourth-order valence-electron chi connectivity index (χ4n) is 4.35. The summed E-state index contributed by atoms with van der Waals surface area (Å²) in [5.41, 5.74) is 7.38. The third-order valence-corrected chi connectivity index (χ3v) is 6.21. The minimum Gasteiger partial charge on any atom is -0.280 e. The van der Waals surface area contributed by atoms with Gasteiger partial charge < -0.3 is 0 Å². The number of benzene rings is 5. The van der Waals surface area contributed by atoms with Crippen LogP contribution < -0.4 is 21.7 Å². The molecule has 4 N–H and O–H groups in total. The van der Waals surface area contributed by atoms with Gasteiger partial charge in [-0.2, -0.15) is 0 Å². The van der Waals surface area contributed by atoms with Crippen LogP contribution in [-0.4, -0.2) is 0 Å². The summed E-state index contributed by atoms with van der Waals surface area (Å²) < 4.78 is 0. The molecule has 0 heterocycles. The molecule has 0 aliphatic heterocycles. The van der Waals surface area contributed by atoms with E-state index in [9.17, 15) is 0 Å². The van der Waals surface area contributed by atoms with Crippen molar-refractivity contribution in [3.63, 3.8) is 0 Å². The third kappa shape index (κ3) is 4.94. The first-order chi connectivity index (χ1) is 17.2. The van der Waals surface area contributed by atoms with Crippen LogP contribution in [-0.2, 0) is 0 Å². The van der Waals surface area contributed by atoms with E-state index in [2.05, 4.69) is 72.8 Å². The number of nitrogens with zero attached hydrogens (tertiary/aromatic N) is 2. The second kappa shape index (κ2) is 10.3. The molecule has 0 aromatic heterocycles. The second-order valence-electron chi connectivity index (χ2n) is 8.44. The van der Waals surface area contributed by atoms with Crippen molar-refractivity contribution in [3.05, 3.63) is 156 Å². The number of hydrazine groups is 2. The van der Waals surface area contributed by atoms with E-state index >= 15 is 0 Å². The van der Waals surface area contributed by atoms with Gasteiger partial charge in [-0.25, -0.2) is 11.7 Å². The summed E-state index contributed by atoms with van der Waals surface area (Å²) in [7, 11) is 0. The van der Waals surface area contributed by atoms with Crippen LogP contribution in [0.1, 0.15) is 22.6 Å². The van der Waals surface area contributed by atoms with Gasteiger partial charge in [-0.3, -0.25) is 10.0 Å². The van der Waals surface area contributed by atoms with Gasteiger partial charge in [-0.05, 0) is 65.2 Å². The first-order valence-electron chi connectivity index (χ1n) is 11.7. The maximum absolute atomic E-state index is 6.37. The van der Waals surface area contributed by atoms with Crippen LogP contribution in [0.15, 0.2) is 140 Å². The highest BCUT2D eigenvalue weighted by Crippen LogP contribution is 2.34. The molecule has 0 spiro atoms. The van der Waals surface area contributed by atoms with Gasteiger partial charge in [0, 0.05) is 5.92 Å². The molecule has 0 saturated carbocycles. The molecule has 0 amide bonds. The molecule has 5 aromatic carbocycles. The monoisotopic (exact) mass is 456 g/mol. The number of anilines is 4. The summed E-state index contributed by atoms with van der Waals surface area (Å²) in [6.45, 7) is 0. The summed E-state index contributed by atoms with van der Waals surface area (Å²) in [5, 5.41) is 3.41. The SMILES string of the molecule is NN(c1ccccc1)c1ccc(C(c2ccccc2)c2ccc(N(N)c3ccccc3)cc2)cc1. The topological polar surface area (TPSA) is 58.5 Å². The largest absolute Gasteiger partial charge is 0.280 e. The first kappa shape index (κ1) is 22.4. The molecular weight excluding hydrogens is 428 g/mol. The van der Waals surface area contributed by atoms with Gasteiger partial charge in [0.25, 0.3) is 0 Å². The first-order valence-corrected chi connectivity index (χ1v) is 11.7. The highest BCUT2D eigenvalue weighted by molar-refractivity contribution is 5.64. The molecule has 0 unspecified atom stereocenters.